The Labute approximate surface area is 121 Å². The summed E-state index contributed by atoms with van der Waals surface area (Å²) in [7, 11) is 3.90. The highest BCUT2D eigenvalue weighted by atomic mass is 32.1. The first-order chi connectivity index (χ1) is 9.47. The molecule has 2 aromatic rings. The maximum atomic E-state index is 12.1. The molecule has 0 aliphatic rings. The molecule has 1 aromatic heterocycles. The predicted octanol–water partition coefficient (Wildman–Crippen LogP) is 1.88. The van der Waals surface area contributed by atoms with Gasteiger partial charge in [-0.05, 0) is 31.2 Å². The molecule has 0 saturated heterocycles. The highest BCUT2D eigenvalue weighted by Crippen LogP contribution is 2.20. The van der Waals surface area contributed by atoms with E-state index in [-0.39, 0.29) is 11.9 Å². The summed E-state index contributed by atoms with van der Waals surface area (Å²) in [6, 6.07) is 7.15. The Balaban J connectivity index is 2.07. The third-order valence-corrected chi connectivity index (χ3v) is 3.74. The smallest absolute Gasteiger partial charge is 0.257 e. The average molecular weight is 291 g/mol. The standard InChI is InChI=1S/C13H17N5OS/c1-8(14)12-16-17-13(20-12)15-11(19)9-4-6-10(7-5-9)18(2)3/h4-8H,14H2,1-3H3,(H,15,17,19). The molecule has 0 bridgehead atoms. The fraction of sp³-hybridized carbons (Fsp3) is 0.308. The van der Waals surface area contributed by atoms with Gasteiger partial charge in [0.25, 0.3) is 5.91 Å². The number of carbonyl (C=O) groups excluding carboxylic acids is 1. The maximum Gasteiger partial charge on any atom is 0.257 e. The predicted molar refractivity (Wildman–Crippen MR) is 81.2 cm³/mol. The van der Waals surface area contributed by atoms with Crippen molar-refractivity contribution in [2.24, 2.45) is 5.73 Å². The van der Waals surface area contributed by atoms with Crippen molar-refractivity contribution in [2.75, 3.05) is 24.3 Å². The summed E-state index contributed by atoms with van der Waals surface area (Å²) in [4.78, 5) is 14.0. The molecule has 1 atom stereocenters. The first-order valence-corrected chi connectivity index (χ1v) is 6.96. The molecule has 1 unspecified atom stereocenters. The van der Waals surface area contributed by atoms with E-state index in [4.69, 9.17) is 5.73 Å². The Hall–Kier alpha value is -1.99. The van der Waals surface area contributed by atoms with Crippen LogP contribution in [0.25, 0.3) is 0 Å². The van der Waals surface area contributed by atoms with Gasteiger partial charge in [-0.2, -0.15) is 0 Å². The second kappa shape index (κ2) is 5.98. The van der Waals surface area contributed by atoms with Crippen LogP contribution in [0, 0.1) is 0 Å². The van der Waals surface area contributed by atoms with Crippen LogP contribution in [0.2, 0.25) is 0 Å². The summed E-state index contributed by atoms with van der Waals surface area (Å²) >= 11 is 1.28. The van der Waals surface area contributed by atoms with Crippen molar-refractivity contribution >= 4 is 28.1 Å². The Kier molecular flexibility index (Phi) is 4.31. The van der Waals surface area contributed by atoms with Crippen LogP contribution in [0.1, 0.15) is 28.3 Å². The lowest BCUT2D eigenvalue weighted by Gasteiger charge is -2.12. The van der Waals surface area contributed by atoms with Crippen molar-refractivity contribution in [3.05, 3.63) is 34.8 Å². The van der Waals surface area contributed by atoms with E-state index in [1.165, 1.54) is 11.3 Å². The molecule has 3 N–H and O–H groups in total. The SMILES string of the molecule is CC(N)c1nnc(NC(=O)c2ccc(N(C)C)cc2)s1. The molecular weight excluding hydrogens is 274 g/mol. The van der Waals surface area contributed by atoms with E-state index in [0.29, 0.717) is 15.7 Å². The number of nitrogens with zero attached hydrogens (tertiary/aromatic N) is 3. The normalized spacial score (nSPS) is 12.0. The minimum Gasteiger partial charge on any atom is -0.378 e. The number of anilines is 2. The first kappa shape index (κ1) is 14.4. The van der Waals surface area contributed by atoms with Crippen LogP contribution in [0.4, 0.5) is 10.8 Å². The fourth-order valence-corrected chi connectivity index (χ4v) is 2.24. The number of carbonyl (C=O) groups is 1. The van der Waals surface area contributed by atoms with E-state index in [0.717, 1.165) is 5.69 Å². The Morgan fingerprint density at radius 1 is 1.30 bits per heavy atom. The van der Waals surface area contributed by atoms with Crippen molar-refractivity contribution in [1.82, 2.24) is 10.2 Å². The van der Waals surface area contributed by atoms with Gasteiger partial charge in [-0.15, -0.1) is 10.2 Å². The average Bonchev–Trinajstić information content (AvgIpc) is 2.87. The molecule has 0 aliphatic carbocycles. The highest BCUT2D eigenvalue weighted by molar-refractivity contribution is 7.15. The Bertz CT molecular complexity index is 591. The molecule has 1 amide bonds. The van der Waals surface area contributed by atoms with Crippen LogP contribution in [-0.2, 0) is 0 Å². The molecule has 0 fully saturated rings. The minimum absolute atomic E-state index is 0.183. The minimum atomic E-state index is -0.206. The molecule has 0 radical (unpaired) electrons. The van der Waals surface area contributed by atoms with Crippen LogP contribution < -0.4 is 16.0 Å². The number of amides is 1. The third-order valence-electron chi connectivity index (χ3n) is 2.70. The third kappa shape index (κ3) is 3.31. The van der Waals surface area contributed by atoms with Gasteiger partial charge in [0.1, 0.15) is 5.01 Å². The lowest BCUT2D eigenvalue weighted by molar-refractivity contribution is 0.102. The molecule has 20 heavy (non-hydrogen) atoms. The van der Waals surface area contributed by atoms with E-state index in [1.807, 2.05) is 38.1 Å². The summed E-state index contributed by atoms with van der Waals surface area (Å²) < 4.78 is 0. The van der Waals surface area contributed by atoms with Gasteiger partial charge in [-0.1, -0.05) is 11.3 Å². The van der Waals surface area contributed by atoms with Gasteiger partial charge in [0.05, 0.1) is 6.04 Å². The molecule has 6 nitrogen and oxygen atoms in total. The number of nitrogens with two attached hydrogens (primary N) is 1. The number of benzene rings is 1. The summed E-state index contributed by atoms with van der Waals surface area (Å²) in [6.07, 6.45) is 0. The number of aromatic nitrogens is 2. The molecule has 7 heteroatoms. The monoisotopic (exact) mass is 291 g/mol. The number of rotatable bonds is 4. The zero-order valence-electron chi connectivity index (χ0n) is 11.6. The second-order valence-electron chi connectivity index (χ2n) is 4.63. The topological polar surface area (TPSA) is 84.1 Å². The number of nitrogens with one attached hydrogen (secondary N) is 1. The quantitative estimate of drug-likeness (QED) is 0.898. The maximum absolute atomic E-state index is 12.1. The van der Waals surface area contributed by atoms with Gasteiger partial charge in [0, 0.05) is 25.3 Å². The van der Waals surface area contributed by atoms with Crippen LogP contribution in [0.5, 0.6) is 0 Å². The molecule has 106 valence electrons. The van der Waals surface area contributed by atoms with Gasteiger partial charge in [0.2, 0.25) is 5.13 Å². The van der Waals surface area contributed by atoms with E-state index in [1.54, 1.807) is 12.1 Å². The Morgan fingerprint density at radius 3 is 2.45 bits per heavy atom. The highest BCUT2D eigenvalue weighted by Gasteiger charge is 2.12. The van der Waals surface area contributed by atoms with E-state index < -0.39 is 0 Å². The second-order valence-corrected chi connectivity index (χ2v) is 5.64. The van der Waals surface area contributed by atoms with Crippen LogP contribution in [0.3, 0.4) is 0 Å². The molecular formula is C13H17N5OS. The van der Waals surface area contributed by atoms with Gasteiger partial charge in [-0.25, -0.2) is 0 Å². The van der Waals surface area contributed by atoms with Gasteiger partial charge >= 0.3 is 0 Å². The van der Waals surface area contributed by atoms with Crippen molar-refractivity contribution < 1.29 is 4.79 Å². The summed E-state index contributed by atoms with van der Waals surface area (Å²) in [5, 5.41) is 11.7. The summed E-state index contributed by atoms with van der Waals surface area (Å²) in [5.74, 6) is -0.206. The molecule has 0 spiro atoms. The van der Waals surface area contributed by atoms with Crippen molar-refractivity contribution in [3.8, 4) is 0 Å². The number of hydrogen-bond donors (Lipinski definition) is 2. The molecule has 0 aliphatic heterocycles. The van der Waals surface area contributed by atoms with E-state index in [2.05, 4.69) is 15.5 Å². The van der Waals surface area contributed by atoms with Gasteiger partial charge < -0.3 is 10.6 Å². The zero-order valence-corrected chi connectivity index (χ0v) is 12.4. The lowest BCUT2D eigenvalue weighted by atomic mass is 10.2. The summed E-state index contributed by atoms with van der Waals surface area (Å²) in [6.45, 7) is 1.83. The van der Waals surface area contributed by atoms with Crippen molar-refractivity contribution in [1.29, 1.82) is 0 Å². The zero-order chi connectivity index (χ0) is 14.7. The van der Waals surface area contributed by atoms with Crippen LogP contribution >= 0.6 is 11.3 Å². The van der Waals surface area contributed by atoms with E-state index in [9.17, 15) is 4.79 Å². The number of hydrogen-bond acceptors (Lipinski definition) is 6. The van der Waals surface area contributed by atoms with Crippen molar-refractivity contribution in [2.45, 2.75) is 13.0 Å². The molecule has 1 aromatic carbocycles. The molecule has 0 saturated carbocycles. The van der Waals surface area contributed by atoms with Gasteiger partial charge in [0.15, 0.2) is 0 Å². The summed E-state index contributed by atoms with van der Waals surface area (Å²) in [5.41, 5.74) is 7.32. The Morgan fingerprint density at radius 2 is 1.95 bits per heavy atom. The van der Waals surface area contributed by atoms with Crippen LogP contribution in [-0.4, -0.2) is 30.2 Å². The fourth-order valence-electron chi connectivity index (χ4n) is 1.55. The first-order valence-electron chi connectivity index (χ1n) is 6.15. The molecule has 1 heterocycles. The van der Waals surface area contributed by atoms with Gasteiger partial charge in [-0.3, -0.25) is 10.1 Å². The largest absolute Gasteiger partial charge is 0.378 e. The lowest BCUT2D eigenvalue weighted by Crippen LogP contribution is -2.13. The van der Waals surface area contributed by atoms with Crippen molar-refractivity contribution in [3.63, 3.8) is 0 Å². The van der Waals surface area contributed by atoms with E-state index >= 15 is 0 Å². The molecule has 2 rings (SSSR count). The van der Waals surface area contributed by atoms with Crippen LogP contribution in [0.15, 0.2) is 24.3 Å².